The van der Waals surface area contributed by atoms with E-state index in [1.54, 1.807) is 0 Å². The number of unbranched alkanes of at least 4 members (excludes halogenated alkanes) is 8. The molecule has 182 valence electrons. The van der Waals surface area contributed by atoms with Crippen molar-refractivity contribution >= 4 is 0 Å². The summed E-state index contributed by atoms with van der Waals surface area (Å²) in [6, 6.07) is 17.8. The van der Waals surface area contributed by atoms with Gasteiger partial charge in [0.2, 0.25) is 0 Å². The van der Waals surface area contributed by atoms with Crippen LogP contribution < -0.4 is 0 Å². The van der Waals surface area contributed by atoms with Crippen LogP contribution in [0.5, 0.6) is 0 Å². The average Bonchev–Trinajstić information content (AvgIpc) is 2.89. The Bertz CT molecular complexity index is 926. The van der Waals surface area contributed by atoms with Crippen molar-refractivity contribution in [1.82, 2.24) is 9.97 Å². The van der Waals surface area contributed by atoms with Crippen molar-refractivity contribution in [3.63, 3.8) is 0 Å². The van der Waals surface area contributed by atoms with Crippen LogP contribution >= 0.6 is 0 Å². The average molecular weight is 457 g/mol. The van der Waals surface area contributed by atoms with E-state index in [0.29, 0.717) is 5.92 Å². The maximum Gasteiger partial charge on any atom is 0.159 e. The number of nitrogens with zero attached hydrogens (tertiary/aromatic N) is 2. The molecular weight excluding hydrogens is 412 g/mol. The first-order valence-corrected chi connectivity index (χ1v) is 13.7. The number of hydrogen-bond acceptors (Lipinski definition) is 2. The predicted octanol–water partition coefficient (Wildman–Crippen LogP) is 9.79. The topological polar surface area (TPSA) is 25.8 Å². The van der Waals surface area contributed by atoms with Crippen molar-refractivity contribution in [3.8, 4) is 22.5 Å². The van der Waals surface area contributed by atoms with Gasteiger partial charge in [0, 0.05) is 18.0 Å². The van der Waals surface area contributed by atoms with Gasteiger partial charge < -0.3 is 0 Å². The summed E-state index contributed by atoms with van der Waals surface area (Å²) in [5, 5.41) is 0. The van der Waals surface area contributed by atoms with Crippen molar-refractivity contribution in [2.24, 2.45) is 0 Å². The smallest absolute Gasteiger partial charge is 0.159 e. The Morgan fingerprint density at radius 2 is 1.09 bits per heavy atom. The molecule has 1 atom stereocenters. The molecule has 3 aromatic rings. The van der Waals surface area contributed by atoms with E-state index in [1.165, 1.54) is 92.9 Å². The molecule has 1 aromatic heterocycles. The van der Waals surface area contributed by atoms with Gasteiger partial charge in [0.15, 0.2) is 5.82 Å². The molecule has 3 rings (SSSR count). The third-order valence-corrected chi connectivity index (χ3v) is 6.97. The summed E-state index contributed by atoms with van der Waals surface area (Å²) >= 11 is 0. The Balaban J connectivity index is 1.52. The maximum absolute atomic E-state index is 4.63. The number of hydrogen-bond donors (Lipinski definition) is 0. The fourth-order valence-electron chi connectivity index (χ4n) is 4.60. The molecule has 0 amide bonds. The molecule has 0 radical (unpaired) electrons. The Morgan fingerprint density at radius 3 is 1.68 bits per heavy atom. The third-order valence-electron chi connectivity index (χ3n) is 6.97. The van der Waals surface area contributed by atoms with Gasteiger partial charge >= 0.3 is 0 Å². The Hall–Kier alpha value is -2.48. The zero-order chi connectivity index (χ0) is 24.0. The molecule has 1 unspecified atom stereocenters. The maximum atomic E-state index is 4.63. The number of aromatic nitrogens is 2. The first-order valence-electron chi connectivity index (χ1n) is 13.7. The molecule has 0 bridgehead atoms. The minimum absolute atomic E-state index is 0.634. The van der Waals surface area contributed by atoms with Crippen LogP contribution in [0.3, 0.4) is 0 Å². The summed E-state index contributed by atoms with van der Waals surface area (Å²) in [7, 11) is 0. The zero-order valence-corrected chi connectivity index (χ0v) is 21.7. The second-order valence-corrected chi connectivity index (χ2v) is 9.88. The van der Waals surface area contributed by atoms with Crippen molar-refractivity contribution < 1.29 is 0 Å². The monoisotopic (exact) mass is 456 g/mol. The molecule has 2 nitrogen and oxygen atoms in total. The summed E-state index contributed by atoms with van der Waals surface area (Å²) in [4.78, 5) is 9.25. The van der Waals surface area contributed by atoms with Gasteiger partial charge in [0.25, 0.3) is 0 Å². The van der Waals surface area contributed by atoms with Crippen LogP contribution in [-0.4, -0.2) is 9.97 Å². The van der Waals surface area contributed by atoms with Gasteiger partial charge in [-0.05, 0) is 47.4 Å². The van der Waals surface area contributed by atoms with Crippen LogP contribution in [-0.2, 0) is 6.42 Å². The lowest BCUT2D eigenvalue weighted by Gasteiger charge is -2.13. The van der Waals surface area contributed by atoms with Gasteiger partial charge in [-0.2, -0.15) is 0 Å². The highest BCUT2D eigenvalue weighted by atomic mass is 14.9. The number of benzene rings is 2. The fourth-order valence-corrected chi connectivity index (χ4v) is 4.60. The lowest BCUT2D eigenvalue weighted by molar-refractivity contribution is 0.567. The molecule has 1 heterocycles. The molecule has 2 aromatic carbocycles. The molecule has 0 N–H and O–H groups in total. The summed E-state index contributed by atoms with van der Waals surface area (Å²) in [5.41, 5.74) is 6.28. The molecule has 34 heavy (non-hydrogen) atoms. The molecule has 0 aliphatic rings. The van der Waals surface area contributed by atoms with Crippen LogP contribution in [0.25, 0.3) is 22.5 Å². The lowest BCUT2D eigenvalue weighted by Crippen LogP contribution is -1.94. The standard InChI is InChI=1S/C32H44N2/c1-4-6-8-10-12-14-26(3)28-16-18-29(19-17-28)30-20-22-31(23-21-30)32-33-24-27(25-34-32)15-13-11-9-7-5-2/h16-26H,4-15H2,1-3H3. The van der Waals surface area contributed by atoms with Gasteiger partial charge in [-0.3, -0.25) is 0 Å². The van der Waals surface area contributed by atoms with E-state index >= 15 is 0 Å². The van der Waals surface area contributed by atoms with Crippen molar-refractivity contribution in [2.75, 3.05) is 0 Å². The highest BCUT2D eigenvalue weighted by molar-refractivity contribution is 5.67. The molecule has 2 heteroatoms. The summed E-state index contributed by atoms with van der Waals surface area (Å²) < 4.78 is 0. The lowest BCUT2D eigenvalue weighted by atomic mass is 9.93. The number of aryl methyl sites for hydroxylation is 1. The zero-order valence-electron chi connectivity index (χ0n) is 21.7. The van der Waals surface area contributed by atoms with Crippen molar-refractivity contribution in [3.05, 3.63) is 72.1 Å². The normalized spacial score (nSPS) is 12.1. The molecule has 0 fully saturated rings. The molecule has 0 spiro atoms. The summed E-state index contributed by atoms with van der Waals surface area (Å²) in [6.07, 6.45) is 19.6. The van der Waals surface area contributed by atoms with Crippen molar-refractivity contribution in [1.29, 1.82) is 0 Å². The van der Waals surface area contributed by atoms with E-state index in [2.05, 4.69) is 79.3 Å². The van der Waals surface area contributed by atoms with E-state index in [9.17, 15) is 0 Å². The summed E-state index contributed by atoms with van der Waals surface area (Å²) in [5.74, 6) is 1.44. The molecular formula is C32H44N2. The van der Waals surface area contributed by atoms with E-state index in [0.717, 1.165) is 17.8 Å². The Kier molecular flexibility index (Phi) is 11.3. The van der Waals surface area contributed by atoms with Crippen LogP contribution in [0.2, 0.25) is 0 Å². The molecule has 0 aliphatic heterocycles. The van der Waals surface area contributed by atoms with E-state index in [1.807, 2.05) is 12.4 Å². The fraction of sp³-hybridized carbons (Fsp3) is 0.500. The third kappa shape index (κ3) is 8.38. The molecule has 0 saturated heterocycles. The quantitative estimate of drug-likeness (QED) is 0.213. The number of rotatable bonds is 15. The predicted molar refractivity (Wildman–Crippen MR) is 147 cm³/mol. The highest BCUT2D eigenvalue weighted by Gasteiger charge is 2.07. The Labute approximate surface area is 208 Å². The minimum atomic E-state index is 0.634. The van der Waals surface area contributed by atoms with E-state index in [4.69, 9.17) is 0 Å². The van der Waals surface area contributed by atoms with Crippen LogP contribution in [0.1, 0.15) is 108 Å². The first-order chi connectivity index (χ1) is 16.7. The first kappa shape index (κ1) is 26.1. The van der Waals surface area contributed by atoms with E-state index in [-0.39, 0.29) is 0 Å². The van der Waals surface area contributed by atoms with Crippen molar-refractivity contribution in [2.45, 2.75) is 104 Å². The van der Waals surface area contributed by atoms with Gasteiger partial charge in [-0.25, -0.2) is 9.97 Å². The largest absolute Gasteiger partial charge is 0.236 e. The van der Waals surface area contributed by atoms with Crippen LogP contribution in [0.15, 0.2) is 60.9 Å². The van der Waals surface area contributed by atoms with Gasteiger partial charge in [-0.15, -0.1) is 0 Å². The minimum Gasteiger partial charge on any atom is -0.236 e. The second-order valence-electron chi connectivity index (χ2n) is 9.88. The van der Waals surface area contributed by atoms with Gasteiger partial charge in [-0.1, -0.05) is 127 Å². The molecule has 0 aliphatic carbocycles. The van der Waals surface area contributed by atoms with Gasteiger partial charge in [0.05, 0.1) is 0 Å². The second kappa shape index (κ2) is 14.7. The SMILES string of the molecule is CCCCCCCc1cnc(-c2ccc(-c3ccc(C(C)CCCCCCC)cc3)cc2)nc1. The Morgan fingerprint density at radius 1 is 0.588 bits per heavy atom. The van der Waals surface area contributed by atoms with Crippen LogP contribution in [0, 0.1) is 0 Å². The highest BCUT2D eigenvalue weighted by Crippen LogP contribution is 2.27. The van der Waals surface area contributed by atoms with Gasteiger partial charge in [0.1, 0.15) is 0 Å². The summed E-state index contributed by atoms with van der Waals surface area (Å²) in [6.45, 7) is 6.90. The van der Waals surface area contributed by atoms with Crippen LogP contribution in [0.4, 0.5) is 0 Å². The molecule has 0 saturated carbocycles. The van der Waals surface area contributed by atoms with E-state index < -0.39 is 0 Å².